The zero-order valence-corrected chi connectivity index (χ0v) is 14.6. The number of carbonyl (C=O) groups excluding carboxylic acids is 1. The van der Waals surface area contributed by atoms with E-state index in [9.17, 15) is 9.59 Å². The molecule has 0 spiro atoms. The smallest absolute Gasteiger partial charge is 0.317 e. The van der Waals surface area contributed by atoms with Gasteiger partial charge < -0.3 is 15.3 Å². The second-order valence-electron chi connectivity index (χ2n) is 7.66. The lowest BCUT2D eigenvalue weighted by molar-refractivity contribution is -0.138. The molecule has 0 aliphatic rings. The fraction of sp³-hybridized carbons (Fsp3) is 0.875. The molecule has 0 heterocycles. The molecule has 0 saturated heterocycles. The van der Waals surface area contributed by atoms with Crippen molar-refractivity contribution < 1.29 is 14.7 Å². The van der Waals surface area contributed by atoms with Gasteiger partial charge in [-0.25, -0.2) is 4.79 Å². The van der Waals surface area contributed by atoms with Crippen LogP contribution in [0.1, 0.15) is 54.9 Å². The molecule has 5 heteroatoms. The summed E-state index contributed by atoms with van der Waals surface area (Å²) in [5, 5.41) is 11.9. The highest BCUT2D eigenvalue weighted by molar-refractivity contribution is 5.76. The zero-order chi connectivity index (χ0) is 16.8. The van der Waals surface area contributed by atoms with Crippen molar-refractivity contribution in [1.29, 1.82) is 0 Å². The van der Waals surface area contributed by atoms with Gasteiger partial charge in [0.1, 0.15) is 0 Å². The topological polar surface area (TPSA) is 69.6 Å². The van der Waals surface area contributed by atoms with Crippen molar-refractivity contribution in [3.8, 4) is 0 Å². The van der Waals surface area contributed by atoms with E-state index in [1.165, 1.54) is 0 Å². The van der Waals surface area contributed by atoms with Crippen LogP contribution in [-0.4, -0.2) is 41.1 Å². The van der Waals surface area contributed by atoms with Gasteiger partial charge in [-0.2, -0.15) is 0 Å². The zero-order valence-electron chi connectivity index (χ0n) is 14.6. The highest BCUT2D eigenvalue weighted by Gasteiger charge is 2.30. The van der Waals surface area contributed by atoms with Crippen LogP contribution in [-0.2, 0) is 4.79 Å². The average molecular weight is 300 g/mol. The van der Waals surface area contributed by atoms with E-state index < -0.39 is 5.97 Å². The first-order valence-corrected chi connectivity index (χ1v) is 7.70. The molecule has 0 aromatic carbocycles. The Kier molecular flexibility index (Phi) is 7.75. The third-order valence-corrected chi connectivity index (χ3v) is 3.18. The van der Waals surface area contributed by atoms with Gasteiger partial charge in [-0.1, -0.05) is 48.5 Å². The predicted molar refractivity (Wildman–Crippen MR) is 85.3 cm³/mol. The summed E-state index contributed by atoms with van der Waals surface area (Å²) in [5.74, 6) is -0.140. The first-order valence-electron chi connectivity index (χ1n) is 7.70. The summed E-state index contributed by atoms with van der Waals surface area (Å²) in [6.45, 7) is 15.4. The summed E-state index contributed by atoms with van der Waals surface area (Å²) in [4.78, 5) is 25.3. The van der Waals surface area contributed by atoms with Gasteiger partial charge in [-0.15, -0.1) is 0 Å². The molecule has 0 bridgehead atoms. The lowest BCUT2D eigenvalue weighted by Crippen LogP contribution is -2.51. The maximum Gasteiger partial charge on any atom is 0.317 e. The SMILES string of the molecule is CC(C)CN(CC(C)C)C(=O)NC(CC(=O)O)C(C)(C)C. The standard InChI is InChI=1S/C16H32N2O3/c1-11(2)9-18(10-12(3)4)15(21)17-13(8-14(19)20)16(5,6)7/h11-13H,8-10H2,1-7H3,(H,17,21)(H,19,20). The van der Waals surface area contributed by atoms with E-state index in [1.807, 2.05) is 20.8 Å². The number of carboxylic acid groups (broad SMARTS) is 1. The highest BCUT2D eigenvalue weighted by Crippen LogP contribution is 2.22. The van der Waals surface area contributed by atoms with Crippen molar-refractivity contribution in [1.82, 2.24) is 10.2 Å². The van der Waals surface area contributed by atoms with Crippen LogP contribution in [0.15, 0.2) is 0 Å². The molecule has 0 fully saturated rings. The van der Waals surface area contributed by atoms with Crippen LogP contribution in [0.5, 0.6) is 0 Å². The fourth-order valence-corrected chi connectivity index (χ4v) is 2.11. The molecular weight excluding hydrogens is 268 g/mol. The monoisotopic (exact) mass is 300 g/mol. The maximum absolute atomic E-state index is 12.5. The summed E-state index contributed by atoms with van der Waals surface area (Å²) >= 11 is 0. The third kappa shape index (κ3) is 8.58. The Hall–Kier alpha value is -1.26. The first kappa shape index (κ1) is 19.7. The summed E-state index contributed by atoms with van der Waals surface area (Å²) in [7, 11) is 0. The minimum Gasteiger partial charge on any atom is -0.481 e. The number of rotatable bonds is 7. The van der Waals surface area contributed by atoms with Gasteiger partial charge in [0.15, 0.2) is 0 Å². The Morgan fingerprint density at radius 1 is 1.05 bits per heavy atom. The second-order valence-corrected chi connectivity index (χ2v) is 7.66. The fourth-order valence-electron chi connectivity index (χ4n) is 2.11. The number of nitrogens with one attached hydrogen (secondary N) is 1. The molecule has 2 N–H and O–H groups in total. The molecule has 1 unspecified atom stereocenters. The largest absolute Gasteiger partial charge is 0.481 e. The van der Waals surface area contributed by atoms with Gasteiger partial charge in [0.05, 0.1) is 6.42 Å². The van der Waals surface area contributed by atoms with Gasteiger partial charge >= 0.3 is 12.0 Å². The molecule has 1 atom stereocenters. The predicted octanol–water partition coefficient (Wildman–Crippen LogP) is 3.20. The molecule has 0 radical (unpaired) electrons. The van der Waals surface area contributed by atoms with Crippen LogP contribution in [0.4, 0.5) is 4.79 Å². The van der Waals surface area contributed by atoms with Crippen molar-refractivity contribution in [3.05, 3.63) is 0 Å². The Morgan fingerprint density at radius 2 is 1.48 bits per heavy atom. The maximum atomic E-state index is 12.5. The molecule has 0 saturated carbocycles. The summed E-state index contributed by atoms with van der Waals surface area (Å²) in [5.41, 5.74) is -0.296. The van der Waals surface area contributed by atoms with Gasteiger partial charge in [0.2, 0.25) is 0 Å². The number of hydrogen-bond donors (Lipinski definition) is 2. The Balaban J connectivity index is 4.93. The quantitative estimate of drug-likeness (QED) is 0.758. The van der Waals surface area contributed by atoms with Gasteiger partial charge in [0, 0.05) is 19.1 Å². The molecule has 0 aliphatic heterocycles. The molecule has 0 aromatic rings. The van der Waals surface area contributed by atoms with Crippen molar-refractivity contribution in [2.24, 2.45) is 17.3 Å². The highest BCUT2D eigenvalue weighted by atomic mass is 16.4. The number of hydrogen-bond acceptors (Lipinski definition) is 2. The van der Waals surface area contributed by atoms with Crippen molar-refractivity contribution in [3.63, 3.8) is 0 Å². The Labute approximate surface area is 129 Å². The van der Waals surface area contributed by atoms with Crippen LogP contribution in [0.2, 0.25) is 0 Å². The van der Waals surface area contributed by atoms with Crippen LogP contribution in [0.25, 0.3) is 0 Å². The Bertz CT molecular complexity index is 336. The summed E-state index contributed by atoms with van der Waals surface area (Å²) in [6, 6.07) is -0.553. The molecule has 0 aromatic heterocycles. The lowest BCUT2D eigenvalue weighted by atomic mass is 9.85. The van der Waals surface area contributed by atoms with E-state index in [1.54, 1.807) is 4.90 Å². The minimum atomic E-state index is -0.894. The van der Waals surface area contributed by atoms with E-state index in [0.29, 0.717) is 24.9 Å². The van der Waals surface area contributed by atoms with E-state index in [-0.39, 0.29) is 23.9 Å². The number of aliphatic carboxylic acids is 1. The molecule has 0 aliphatic carbocycles. The Morgan fingerprint density at radius 3 is 1.76 bits per heavy atom. The number of carbonyl (C=O) groups is 2. The van der Waals surface area contributed by atoms with Crippen molar-refractivity contribution in [2.75, 3.05) is 13.1 Å². The van der Waals surface area contributed by atoms with E-state index in [0.717, 1.165) is 0 Å². The summed E-state index contributed by atoms with van der Waals surface area (Å²) in [6.07, 6.45) is -0.0631. The molecule has 5 nitrogen and oxygen atoms in total. The molecular formula is C16H32N2O3. The third-order valence-electron chi connectivity index (χ3n) is 3.18. The number of amides is 2. The van der Waals surface area contributed by atoms with E-state index >= 15 is 0 Å². The minimum absolute atomic E-state index is 0.0631. The van der Waals surface area contributed by atoms with Crippen molar-refractivity contribution in [2.45, 2.75) is 60.9 Å². The van der Waals surface area contributed by atoms with Crippen molar-refractivity contribution >= 4 is 12.0 Å². The number of urea groups is 1. The van der Waals surface area contributed by atoms with E-state index in [4.69, 9.17) is 5.11 Å². The van der Waals surface area contributed by atoms with Gasteiger partial charge in [-0.3, -0.25) is 4.79 Å². The lowest BCUT2D eigenvalue weighted by Gasteiger charge is -2.34. The molecule has 124 valence electrons. The molecule has 2 amide bonds. The normalized spacial score (nSPS) is 13.4. The number of nitrogens with zero attached hydrogens (tertiary/aromatic N) is 1. The molecule has 21 heavy (non-hydrogen) atoms. The van der Waals surface area contributed by atoms with Crippen LogP contribution < -0.4 is 5.32 Å². The van der Waals surface area contributed by atoms with Crippen LogP contribution in [0.3, 0.4) is 0 Å². The molecule has 0 rings (SSSR count). The van der Waals surface area contributed by atoms with E-state index in [2.05, 4.69) is 33.0 Å². The first-order chi connectivity index (χ1) is 9.43. The van der Waals surface area contributed by atoms with Crippen LogP contribution in [0, 0.1) is 17.3 Å². The van der Waals surface area contributed by atoms with Crippen LogP contribution >= 0.6 is 0 Å². The number of carboxylic acids is 1. The summed E-state index contributed by atoms with van der Waals surface area (Å²) < 4.78 is 0. The second kappa shape index (κ2) is 8.25. The average Bonchev–Trinajstić information content (AvgIpc) is 2.23. The van der Waals surface area contributed by atoms with Gasteiger partial charge in [0.25, 0.3) is 0 Å². The van der Waals surface area contributed by atoms with Gasteiger partial charge in [-0.05, 0) is 17.3 Å².